The van der Waals surface area contributed by atoms with Gasteiger partial charge in [-0.3, -0.25) is 10.1 Å². The van der Waals surface area contributed by atoms with E-state index in [1.54, 1.807) is 0 Å². The molecule has 1 saturated heterocycles. The van der Waals surface area contributed by atoms with Crippen LogP contribution in [-0.4, -0.2) is 39.9 Å². The highest BCUT2D eigenvalue weighted by Gasteiger charge is 2.18. The second kappa shape index (κ2) is 5.95. The third-order valence-electron chi connectivity index (χ3n) is 2.77. The van der Waals surface area contributed by atoms with Gasteiger partial charge in [0.2, 0.25) is 0 Å². The first-order chi connectivity index (χ1) is 9.08. The van der Waals surface area contributed by atoms with Gasteiger partial charge < -0.3 is 19.0 Å². The first-order valence-electron chi connectivity index (χ1n) is 5.59. The lowest BCUT2D eigenvalue weighted by Crippen LogP contribution is -2.43. The van der Waals surface area contributed by atoms with Crippen molar-refractivity contribution >= 4 is 22.7 Å². The fourth-order valence-electron chi connectivity index (χ4n) is 1.92. The van der Waals surface area contributed by atoms with Crippen molar-refractivity contribution in [1.29, 1.82) is 0 Å². The Morgan fingerprint density at radius 2 is 2.05 bits per heavy atom. The number of nitrogens with zero attached hydrogens (tertiary/aromatic N) is 2. The zero-order chi connectivity index (χ0) is 13.8. The topological polar surface area (TPSA) is 108 Å². The maximum Gasteiger partial charge on any atom is 0.273 e. The number of benzene rings is 1. The third-order valence-corrected chi connectivity index (χ3v) is 3.09. The van der Waals surface area contributed by atoms with Crippen molar-refractivity contribution in [3.63, 3.8) is 0 Å². The molecule has 2 rings (SSSR count). The zero-order valence-corrected chi connectivity index (χ0v) is 10.7. The summed E-state index contributed by atoms with van der Waals surface area (Å²) in [6, 6.07) is 3.96. The molecule has 1 aliphatic heterocycles. The third kappa shape index (κ3) is 3.40. The van der Waals surface area contributed by atoms with Gasteiger partial charge in [0.25, 0.3) is 5.69 Å². The molecule has 8 nitrogen and oxygen atoms in total. The zero-order valence-electron chi connectivity index (χ0n) is 9.90. The predicted molar refractivity (Wildman–Crippen MR) is 67.7 cm³/mol. The van der Waals surface area contributed by atoms with Crippen LogP contribution in [-0.2, 0) is 11.4 Å². The molecule has 1 aliphatic rings. The highest BCUT2D eigenvalue weighted by atomic mass is 32.2. The van der Waals surface area contributed by atoms with Gasteiger partial charge in [0, 0.05) is 32.2 Å². The van der Waals surface area contributed by atoms with E-state index in [-0.39, 0.29) is 11.4 Å². The highest BCUT2D eigenvalue weighted by molar-refractivity contribution is 7.74. The highest BCUT2D eigenvalue weighted by Crippen LogP contribution is 2.32. The van der Waals surface area contributed by atoms with Crippen molar-refractivity contribution in [2.75, 3.05) is 31.1 Å². The Labute approximate surface area is 112 Å². The molecule has 1 aromatic rings. The van der Waals surface area contributed by atoms with E-state index >= 15 is 0 Å². The Hall–Kier alpha value is -1.71. The summed E-state index contributed by atoms with van der Waals surface area (Å²) in [6.07, 6.45) is 0. The molecule has 1 N–H and O–H groups in total. The second-order valence-corrected chi connectivity index (χ2v) is 4.51. The van der Waals surface area contributed by atoms with E-state index in [0.717, 1.165) is 19.2 Å². The Balaban J connectivity index is 2.34. The Morgan fingerprint density at radius 3 is 2.63 bits per heavy atom. The lowest BCUT2D eigenvalue weighted by Gasteiger charge is -2.30. The monoisotopic (exact) mass is 286 g/mol. The van der Waals surface area contributed by atoms with Crippen LogP contribution in [0.3, 0.4) is 0 Å². The van der Waals surface area contributed by atoms with Crippen LogP contribution in [0.5, 0.6) is 5.75 Å². The van der Waals surface area contributed by atoms with Gasteiger partial charge >= 0.3 is 0 Å². The van der Waals surface area contributed by atoms with Crippen LogP contribution in [0.2, 0.25) is 0 Å². The lowest BCUT2D eigenvalue weighted by molar-refractivity contribution is -0.384. The van der Waals surface area contributed by atoms with Crippen molar-refractivity contribution in [3.05, 3.63) is 28.3 Å². The predicted octanol–water partition coefficient (Wildman–Crippen LogP) is 0.177. The van der Waals surface area contributed by atoms with Crippen molar-refractivity contribution in [3.8, 4) is 5.75 Å². The van der Waals surface area contributed by atoms with Gasteiger partial charge in [0.05, 0.1) is 16.7 Å². The molecule has 0 aromatic heterocycles. The van der Waals surface area contributed by atoms with Gasteiger partial charge in [-0.05, 0) is 6.07 Å². The molecule has 0 aliphatic carbocycles. The van der Waals surface area contributed by atoms with E-state index in [9.17, 15) is 18.9 Å². The van der Waals surface area contributed by atoms with Gasteiger partial charge in [0.1, 0.15) is 11.4 Å². The van der Waals surface area contributed by atoms with Crippen molar-refractivity contribution in [2.45, 2.75) is 0 Å². The lowest BCUT2D eigenvalue weighted by atomic mass is 10.2. The van der Waals surface area contributed by atoms with Gasteiger partial charge in [0.15, 0.2) is 5.75 Å². The smallest absolute Gasteiger partial charge is 0.273 e. The van der Waals surface area contributed by atoms with E-state index in [1.165, 1.54) is 12.1 Å². The number of piperazine rings is 1. The summed E-state index contributed by atoms with van der Waals surface area (Å²) >= 11 is -2.77. The standard InChI is InChI=1S/C10H13N3O5S/c14-13(15)8-1-2-9(10(7-8)18-19(16)17)12-5-3-11-4-6-12/h1-2,7,11H,3-6H2,(H,16,17)/p-1. The molecule has 1 unspecified atom stereocenters. The number of nitrogens with one attached hydrogen (secondary N) is 1. The first kappa shape index (κ1) is 13.7. The fourth-order valence-corrected chi connectivity index (χ4v) is 2.20. The minimum absolute atomic E-state index is 0.0237. The average molecular weight is 286 g/mol. The number of non-ortho nitro benzene ring substituents is 1. The largest absolute Gasteiger partial charge is 0.740 e. The number of nitro groups is 1. The second-order valence-electron chi connectivity index (χ2n) is 3.93. The Morgan fingerprint density at radius 1 is 1.37 bits per heavy atom. The maximum absolute atomic E-state index is 10.7. The molecular weight excluding hydrogens is 274 g/mol. The van der Waals surface area contributed by atoms with Crippen LogP contribution in [0.4, 0.5) is 11.4 Å². The summed E-state index contributed by atoms with van der Waals surface area (Å²) in [4.78, 5) is 12.0. The number of rotatable bonds is 4. The van der Waals surface area contributed by atoms with Crippen molar-refractivity contribution in [2.24, 2.45) is 0 Å². The summed E-state index contributed by atoms with van der Waals surface area (Å²) in [5.74, 6) is -0.0237. The maximum atomic E-state index is 10.7. The van der Waals surface area contributed by atoms with E-state index in [0.29, 0.717) is 18.8 Å². The molecule has 1 heterocycles. The van der Waals surface area contributed by atoms with Gasteiger partial charge in [-0.2, -0.15) is 0 Å². The molecule has 1 fully saturated rings. The van der Waals surface area contributed by atoms with Gasteiger partial charge in [-0.25, -0.2) is 4.21 Å². The van der Waals surface area contributed by atoms with E-state index in [4.69, 9.17) is 0 Å². The molecule has 1 aromatic carbocycles. The van der Waals surface area contributed by atoms with E-state index in [2.05, 4.69) is 9.50 Å². The quantitative estimate of drug-likeness (QED) is 0.477. The van der Waals surface area contributed by atoms with Crippen LogP contribution < -0.4 is 14.4 Å². The van der Waals surface area contributed by atoms with Gasteiger partial charge in [-0.15, -0.1) is 0 Å². The normalized spacial score (nSPS) is 17.0. The fraction of sp³-hybridized carbons (Fsp3) is 0.400. The minimum Gasteiger partial charge on any atom is -0.740 e. The molecule has 0 spiro atoms. The first-order valence-corrected chi connectivity index (χ1v) is 6.59. The number of anilines is 1. The van der Waals surface area contributed by atoms with Crippen LogP contribution in [0, 0.1) is 10.1 Å². The molecule has 0 saturated carbocycles. The summed E-state index contributed by atoms with van der Waals surface area (Å²) in [5.41, 5.74) is 0.329. The molecule has 1 atom stereocenters. The van der Waals surface area contributed by atoms with Crippen LogP contribution >= 0.6 is 0 Å². The Kier molecular flexibility index (Phi) is 4.30. The SMILES string of the molecule is O=[N+]([O-])c1ccc(N2CCNCC2)c(OS(=O)[O-])c1. The van der Waals surface area contributed by atoms with Crippen LogP contribution in [0.1, 0.15) is 0 Å². The number of hydrogen-bond donors (Lipinski definition) is 1. The summed E-state index contributed by atoms with van der Waals surface area (Å²) in [7, 11) is 0. The van der Waals surface area contributed by atoms with Crippen LogP contribution in [0.15, 0.2) is 18.2 Å². The van der Waals surface area contributed by atoms with E-state index < -0.39 is 16.3 Å². The molecule has 0 bridgehead atoms. The molecule has 0 radical (unpaired) electrons. The summed E-state index contributed by atoms with van der Waals surface area (Å²) in [6.45, 7) is 2.88. The number of hydrogen-bond acceptors (Lipinski definition) is 7. The van der Waals surface area contributed by atoms with E-state index in [1.807, 2.05) is 4.90 Å². The summed E-state index contributed by atoms with van der Waals surface area (Å²) in [5, 5.41) is 13.9. The molecule has 19 heavy (non-hydrogen) atoms. The molecule has 0 amide bonds. The van der Waals surface area contributed by atoms with Crippen molar-refractivity contribution in [1.82, 2.24) is 5.32 Å². The van der Waals surface area contributed by atoms with Crippen molar-refractivity contribution < 1.29 is 17.9 Å². The van der Waals surface area contributed by atoms with Gasteiger partial charge in [-0.1, -0.05) is 0 Å². The molecular formula is C10H12N3O5S-. The Bertz CT molecular complexity index is 504. The molecule has 9 heteroatoms. The number of nitro benzene ring substituents is 1. The minimum atomic E-state index is -2.77. The molecule has 104 valence electrons. The summed E-state index contributed by atoms with van der Waals surface area (Å²) < 4.78 is 26.0. The average Bonchev–Trinajstić information content (AvgIpc) is 2.39. The van der Waals surface area contributed by atoms with Crippen LogP contribution in [0.25, 0.3) is 0 Å².